The first-order valence-electron chi connectivity index (χ1n) is 10.3. The van der Waals surface area contributed by atoms with Crippen LogP contribution in [0.4, 0.5) is 0 Å². The number of esters is 1. The molecule has 1 unspecified atom stereocenters. The molecule has 0 saturated carbocycles. The number of ether oxygens (including phenoxy) is 4. The van der Waals surface area contributed by atoms with Gasteiger partial charge in [0.2, 0.25) is 0 Å². The monoisotopic (exact) mass is 441 g/mol. The van der Waals surface area contributed by atoms with Crippen molar-refractivity contribution < 1.29 is 23.7 Å². The Labute approximate surface area is 186 Å². The highest BCUT2D eigenvalue weighted by Gasteiger charge is 2.30. The van der Waals surface area contributed by atoms with Crippen molar-refractivity contribution in [3.63, 3.8) is 0 Å². The number of fused-ring (bicyclic) bond motifs is 3. The minimum atomic E-state index is -0.439. The van der Waals surface area contributed by atoms with Crippen molar-refractivity contribution in [1.82, 2.24) is 4.98 Å². The summed E-state index contributed by atoms with van der Waals surface area (Å²) in [5, 5.41) is 1.01. The molecule has 0 radical (unpaired) electrons. The van der Waals surface area contributed by atoms with E-state index in [1.807, 2.05) is 18.2 Å². The summed E-state index contributed by atoms with van der Waals surface area (Å²) in [6, 6.07) is 5.70. The highest BCUT2D eigenvalue weighted by Crippen LogP contribution is 2.48. The minimum Gasteiger partial charge on any atom is -0.493 e. The molecule has 7 heteroatoms. The van der Waals surface area contributed by atoms with Crippen LogP contribution in [-0.4, -0.2) is 39.4 Å². The van der Waals surface area contributed by atoms with E-state index in [4.69, 9.17) is 23.9 Å². The van der Waals surface area contributed by atoms with Gasteiger partial charge in [-0.05, 0) is 36.8 Å². The van der Waals surface area contributed by atoms with Crippen LogP contribution in [0.3, 0.4) is 0 Å². The number of aromatic nitrogens is 1. The van der Waals surface area contributed by atoms with Crippen molar-refractivity contribution in [2.24, 2.45) is 5.92 Å². The van der Waals surface area contributed by atoms with Gasteiger partial charge in [-0.2, -0.15) is 0 Å². The molecule has 4 rings (SSSR count). The predicted octanol–water partition coefficient (Wildman–Crippen LogP) is 5.04. The SMILES string of the molecule is COCc1nc2sc3c(c2c(-c2cccc(OC)c2OC)c1C(=O)OC)CCC(C)C3. The standard InChI is InChI=1S/C24H27NO5S/c1-13-9-10-14-18(11-13)31-23-20(14)19(15-7-6-8-17(28-3)22(15)29-4)21(24(26)30-5)16(25-23)12-27-2/h6-8,13H,9-12H2,1-5H3. The maximum atomic E-state index is 13.1. The van der Waals surface area contributed by atoms with Gasteiger partial charge >= 0.3 is 5.97 Å². The third kappa shape index (κ3) is 3.66. The molecule has 2 aromatic heterocycles. The number of benzene rings is 1. The predicted molar refractivity (Wildman–Crippen MR) is 121 cm³/mol. The minimum absolute atomic E-state index is 0.207. The van der Waals surface area contributed by atoms with Crippen LogP contribution in [0.1, 0.15) is 39.8 Å². The van der Waals surface area contributed by atoms with Gasteiger partial charge < -0.3 is 18.9 Å². The van der Waals surface area contributed by atoms with Gasteiger partial charge in [0.1, 0.15) is 4.83 Å². The summed E-state index contributed by atoms with van der Waals surface area (Å²) in [6.07, 6.45) is 3.10. The molecule has 0 bridgehead atoms. The molecule has 6 nitrogen and oxygen atoms in total. The summed E-state index contributed by atoms with van der Waals surface area (Å²) in [6.45, 7) is 2.49. The number of rotatable bonds is 6. The number of thiophene rings is 1. The fraction of sp³-hybridized carbons (Fsp3) is 0.417. The normalized spacial score (nSPS) is 15.6. The second kappa shape index (κ2) is 8.85. The van der Waals surface area contributed by atoms with E-state index in [0.29, 0.717) is 28.7 Å². The number of pyridine rings is 1. The second-order valence-corrected chi connectivity index (χ2v) is 8.89. The highest BCUT2D eigenvalue weighted by atomic mass is 32.1. The van der Waals surface area contributed by atoms with E-state index in [1.165, 1.54) is 17.6 Å². The smallest absolute Gasteiger partial charge is 0.340 e. The van der Waals surface area contributed by atoms with Crippen molar-refractivity contribution in [2.45, 2.75) is 32.8 Å². The molecule has 0 fully saturated rings. The van der Waals surface area contributed by atoms with Gasteiger partial charge in [0.25, 0.3) is 0 Å². The van der Waals surface area contributed by atoms with Crippen LogP contribution in [-0.2, 0) is 28.9 Å². The summed E-state index contributed by atoms with van der Waals surface area (Å²) in [5.74, 6) is 1.38. The molecule has 1 aliphatic carbocycles. The van der Waals surface area contributed by atoms with Crippen LogP contribution in [0.5, 0.6) is 11.5 Å². The Kier molecular flexibility index (Phi) is 6.16. The molecule has 164 valence electrons. The van der Waals surface area contributed by atoms with Crippen molar-refractivity contribution in [1.29, 1.82) is 0 Å². The van der Waals surface area contributed by atoms with Crippen LogP contribution < -0.4 is 9.47 Å². The molecule has 0 saturated heterocycles. The highest BCUT2D eigenvalue weighted by molar-refractivity contribution is 7.19. The molecule has 31 heavy (non-hydrogen) atoms. The average Bonchev–Trinajstić information content (AvgIpc) is 3.14. The van der Waals surface area contributed by atoms with Gasteiger partial charge in [0.15, 0.2) is 11.5 Å². The first-order chi connectivity index (χ1) is 15.0. The third-order valence-electron chi connectivity index (χ3n) is 5.86. The van der Waals surface area contributed by atoms with Gasteiger partial charge in [0, 0.05) is 28.5 Å². The Morgan fingerprint density at radius 1 is 1.19 bits per heavy atom. The maximum absolute atomic E-state index is 13.1. The summed E-state index contributed by atoms with van der Waals surface area (Å²) >= 11 is 1.71. The van der Waals surface area contributed by atoms with Crippen molar-refractivity contribution >= 4 is 27.5 Å². The third-order valence-corrected chi connectivity index (χ3v) is 7.01. The fourth-order valence-corrected chi connectivity index (χ4v) is 5.85. The number of aryl methyl sites for hydroxylation is 1. The Balaban J connectivity index is 2.16. The number of carbonyl (C=O) groups is 1. The van der Waals surface area contributed by atoms with E-state index in [0.717, 1.165) is 40.6 Å². The molecule has 2 heterocycles. The zero-order chi connectivity index (χ0) is 22.1. The number of carbonyl (C=O) groups excluding carboxylic acids is 1. The molecule has 0 amide bonds. The lowest BCUT2D eigenvalue weighted by Gasteiger charge is -2.21. The van der Waals surface area contributed by atoms with Crippen LogP contribution in [0, 0.1) is 5.92 Å². The summed E-state index contributed by atoms with van der Waals surface area (Å²) < 4.78 is 21.9. The fourth-order valence-electron chi connectivity index (χ4n) is 4.44. The van der Waals surface area contributed by atoms with Crippen LogP contribution in [0.15, 0.2) is 18.2 Å². The first kappa shape index (κ1) is 21.6. The van der Waals surface area contributed by atoms with Gasteiger partial charge in [-0.15, -0.1) is 11.3 Å². The van der Waals surface area contributed by atoms with E-state index in [9.17, 15) is 4.79 Å². The van der Waals surface area contributed by atoms with E-state index in [2.05, 4.69) is 6.92 Å². The van der Waals surface area contributed by atoms with Crippen LogP contribution in [0.2, 0.25) is 0 Å². The van der Waals surface area contributed by atoms with E-state index < -0.39 is 5.97 Å². The molecule has 1 aromatic carbocycles. The summed E-state index contributed by atoms with van der Waals surface area (Å²) in [7, 11) is 6.20. The lowest BCUT2D eigenvalue weighted by Crippen LogP contribution is -2.13. The molecular formula is C24H27NO5S. The van der Waals surface area contributed by atoms with E-state index >= 15 is 0 Å². The number of nitrogens with zero attached hydrogens (tertiary/aromatic N) is 1. The molecular weight excluding hydrogens is 414 g/mol. The van der Waals surface area contributed by atoms with Crippen LogP contribution >= 0.6 is 11.3 Å². The molecule has 0 N–H and O–H groups in total. The van der Waals surface area contributed by atoms with Crippen LogP contribution in [0.25, 0.3) is 21.3 Å². The number of para-hydroxylation sites is 1. The number of hydrogen-bond donors (Lipinski definition) is 0. The van der Waals surface area contributed by atoms with Gasteiger partial charge in [0.05, 0.1) is 39.2 Å². The topological polar surface area (TPSA) is 66.9 Å². The lowest BCUT2D eigenvalue weighted by atomic mass is 9.86. The Morgan fingerprint density at radius 2 is 2.00 bits per heavy atom. The summed E-state index contributed by atoms with van der Waals surface area (Å²) in [4.78, 5) is 20.2. The zero-order valence-corrected chi connectivity index (χ0v) is 19.4. The first-order valence-corrected chi connectivity index (χ1v) is 11.1. The number of methoxy groups -OCH3 is 4. The Bertz CT molecular complexity index is 1140. The summed E-state index contributed by atoms with van der Waals surface area (Å²) in [5.41, 5.74) is 3.83. The van der Waals surface area contributed by atoms with Gasteiger partial charge in [-0.1, -0.05) is 19.1 Å². The molecule has 0 aliphatic heterocycles. The van der Waals surface area contributed by atoms with Crippen molar-refractivity contribution in [2.75, 3.05) is 28.4 Å². The van der Waals surface area contributed by atoms with E-state index in [1.54, 1.807) is 32.7 Å². The Morgan fingerprint density at radius 3 is 2.68 bits per heavy atom. The lowest BCUT2D eigenvalue weighted by molar-refractivity contribution is 0.0596. The van der Waals surface area contributed by atoms with Gasteiger partial charge in [-0.25, -0.2) is 9.78 Å². The quantitative estimate of drug-likeness (QED) is 0.500. The largest absolute Gasteiger partial charge is 0.493 e. The van der Waals surface area contributed by atoms with Crippen molar-refractivity contribution in [3.05, 3.63) is 39.9 Å². The van der Waals surface area contributed by atoms with Crippen molar-refractivity contribution in [3.8, 4) is 22.6 Å². The maximum Gasteiger partial charge on any atom is 0.340 e. The Hall–Kier alpha value is -2.64. The molecule has 1 atom stereocenters. The molecule has 1 aliphatic rings. The van der Waals surface area contributed by atoms with E-state index in [-0.39, 0.29) is 6.61 Å². The molecule has 0 spiro atoms. The molecule has 3 aromatic rings. The second-order valence-electron chi connectivity index (χ2n) is 7.81. The number of hydrogen-bond acceptors (Lipinski definition) is 7. The zero-order valence-electron chi connectivity index (χ0n) is 18.5. The van der Waals surface area contributed by atoms with Gasteiger partial charge in [-0.3, -0.25) is 0 Å². The average molecular weight is 442 g/mol.